The van der Waals surface area contributed by atoms with E-state index in [1.165, 1.54) is 0 Å². The summed E-state index contributed by atoms with van der Waals surface area (Å²) >= 11 is 0. The Hall–Kier alpha value is -2.86. The van der Waals surface area contributed by atoms with Gasteiger partial charge in [0, 0.05) is 33.1 Å². The van der Waals surface area contributed by atoms with Gasteiger partial charge in [-0.05, 0) is 30.2 Å². The fourth-order valence-corrected chi connectivity index (χ4v) is 3.81. The van der Waals surface area contributed by atoms with Crippen LogP contribution < -0.4 is 5.32 Å². The van der Waals surface area contributed by atoms with E-state index in [0.29, 0.717) is 12.0 Å². The minimum Gasteiger partial charge on any atom is -0.390 e. The largest absolute Gasteiger partial charge is 0.390 e. The van der Waals surface area contributed by atoms with E-state index in [2.05, 4.69) is 10.3 Å². The molecule has 0 saturated heterocycles. The van der Waals surface area contributed by atoms with Crippen molar-refractivity contribution in [3.8, 4) is 0 Å². The van der Waals surface area contributed by atoms with Crippen molar-refractivity contribution in [2.75, 3.05) is 19.4 Å². The molecule has 0 radical (unpaired) electrons. The number of hydrogen-bond donors (Lipinski definition) is 2. The third kappa shape index (κ3) is 2.86. The van der Waals surface area contributed by atoms with Gasteiger partial charge in [0.1, 0.15) is 11.3 Å². The zero-order valence-corrected chi connectivity index (χ0v) is 16.0. The van der Waals surface area contributed by atoms with Gasteiger partial charge in [-0.25, -0.2) is 4.98 Å². The molecule has 1 aliphatic rings. The molecule has 4 rings (SSSR count). The molecule has 0 spiro atoms. The summed E-state index contributed by atoms with van der Waals surface area (Å²) in [6, 6.07) is 11.6. The summed E-state index contributed by atoms with van der Waals surface area (Å²) in [5.41, 5.74) is 5.30. The fraction of sp³-hybridized carbons (Fsp3) is 0.333. The summed E-state index contributed by atoms with van der Waals surface area (Å²) in [5.74, 6) is 0.807. The normalized spacial score (nSPS) is 18.6. The molecular formula is C21H24N4O2. The lowest BCUT2D eigenvalue weighted by Crippen LogP contribution is -2.23. The number of aromatic nitrogens is 2. The van der Waals surface area contributed by atoms with Crippen LogP contribution in [0.4, 0.5) is 5.69 Å². The third-order valence-corrected chi connectivity index (χ3v) is 5.38. The number of rotatable bonds is 3. The Morgan fingerprint density at radius 3 is 2.78 bits per heavy atom. The Balaban J connectivity index is 1.83. The lowest BCUT2D eigenvalue weighted by atomic mass is 10.1. The van der Waals surface area contributed by atoms with Crippen LogP contribution in [0, 0.1) is 6.92 Å². The molecule has 0 aliphatic heterocycles. The molecule has 1 aliphatic carbocycles. The standard InChI is InChI=1S/C21H24N4O2/c1-12-22-20-16(9-14(21(27)24(2)3)10-17(20)25(12)4)23-19-15-8-6-5-7-13(15)11-18(19)26/h5-10,18-19,23,26H,11H2,1-4H3/t18-,19-/m1/s1. The molecule has 3 aromatic rings. The molecule has 6 nitrogen and oxygen atoms in total. The van der Waals surface area contributed by atoms with E-state index in [0.717, 1.165) is 33.7 Å². The lowest BCUT2D eigenvalue weighted by Gasteiger charge is -2.20. The molecule has 0 saturated carbocycles. The van der Waals surface area contributed by atoms with Crippen molar-refractivity contribution in [2.24, 2.45) is 7.05 Å². The molecule has 2 atom stereocenters. The second-order valence-corrected chi connectivity index (χ2v) is 7.40. The van der Waals surface area contributed by atoms with E-state index in [4.69, 9.17) is 0 Å². The van der Waals surface area contributed by atoms with Crippen LogP contribution in [0.3, 0.4) is 0 Å². The highest BCUT2D eigenvalue weighted by Crippen LogP contribution is 2.36. The van der Waals surface area contributed by atoms with Crippen molar-refractivity contribution in [3.63, 3.8) is 0 Å². The molecule has 0 bridgehead atoms. The maximum Gasteiger partial charge on any atom is 0.253 e. The first-order chi connectivity index (χ1) is 12.9. The molecule has 27 heavy (non-hydrogen) atoms. The van der Waals surface area contributed by atoms with Crippen molar-refractivity contribution < 1.29 is 9.90 Å². The van der Waals surface area contributed by atoms with Gasteiger partial charge in [0.2, 0.25) is 0 Å². The summed E-state index contributed by atoms with van der Waals surface area (Å²) in [6.45, 7) is 1.94. The lowest BCUT2D eigenvalue weighted by molar-refractivity contribution is 0.0828. The predicted octanol–water partition coefficient (Wildman–Crippen LogP) is 2.65. The maximum atomic E-state index is 12.6. The highest BCUT2D eigenvalue weighted by molar-refractivity contribution is 6.01. The number of aliphatic hydroxyl groups excluding tert-OH is 1. The van der Waals surface area contributed by atoms with Gasteiger partial charge in [-0.1, -0.05) is 24.3 Å². The van der Waals surface area contributed by atoms with Crippen molar-refractivity contribution in [1.29, 1.82) is 0 Å². The van der Waals surface area contributed by atoms with Crippen LogP contribution in [-0.4, -0.2) is 45.7 Å². The molecular weight excluding hydrogens is 340 g/mol. The average Bonchev–Trinajstić information content (AvgIpc) is 3.11. The molecule has 1 aromatic heterocycles. The molecule has 0 fully saturated rings. The number of carbonyl (C=O) groups excluding carboxylic acids is 1. The van der Waals surface area contributed by atoms with Gasteiger partial charge in [0.25, 0.3) is 5.91 Å². The Kier molecular flexibility index (Phi) is 4.15. The van der Waals surface area contributed by atoms with Gasteiger partial charge in [0.15, 0.2) is 0 Å². The van der Waals surface area contributed by atoms with Crippen LogP contribution in [0.2, 0.25) is 0 Å². The van der Waals surface area contributed by atoms with E-state index in [1.54, 1.807) is 19.0 Å². The van der Waals surface area contributed by atoms with Gasteiger partial charge >= 0.3 is 0 Å². The van der Waals surface area contributed by atoms with Crippen molar-refractivity contribution in [1.82, 2.24) is 14.5 Å². The summed E-state index contributed by atoms with van der Waals surface area (Å²) in [7, 11) is 5.42. The van der Waals surface area contributed by atoms with Crippen LogP contribution in [0.1, 0.15) is 33.4 Å². The summed E-state index contributed by atoms with van der Waals surface area (Å²) < 4.78 is 1.98. The highest BCUT2D eigenvalue weighted by atomic mass is 16.3. The number of fused-ring (bicyclic) bond motifs is 2. The second-order valence-electron chi connectivity index (χ2n) is 7.40. The van der Waals surface area contributed by atoms with Crippen LogP contribution in [-0.2, 0) is 13.5 Å². The third-order valence-electron chi connectivity index (χ3n) is 5.38. The van der Waals surface area contributed by atoms with Crippen molar-refractivity contribution >= 4 is 22.6 Å². The Labute approximate surface area is 158 Å². The number of imidazole rings is 1. The van der Waals surface area contributed by atoms with E-state index < -0.39 is 6.10 Å². The Morgan fingerprint density at radius 1 is 1.30 bits per heavy atom. The van der Waals surface area contributed by atoms with E-state index >= 15 is 0 Å². The maximum absolute atomic E-state index is 12.6. The van der Waals surface area contributed by atoms with E-state index in [9.17, 15) is 9.90 Å². The predicted molar refractivity (Wildman–Crippen MR) is 106 cm³/mol. The number of aryl methyl sites for hydroxylation is 2. The summed E-state index contributed by atoms with van der Waals surface area (Å²) in [6.07, 6.45) is 0.102. The number of carbonyl (C=O) groups is 1. The highest BCUT2D eigenvalue weighted by Gasteiger charge is 2.31. The average molecular weight is 364 g/mol. The molecule has 6 heteroatoms. The van der Waals surface area contributed by atoms with Crippen molar-refractivity contribution in [2.45, 2.75) is 25.5 Å². The minimum absolute atomic E-state index is 0.0637. The molecule has 0 unspecified atom stereocenters. The van der Waals surface area contributed by atoms with Gasteiger partial charge < -0.3 is 19.9 Å². The summed E-state index contributed by atoms with van der Waals surface area (Å²) in [4.78, 5) is 18.8. The molecule has 2 aromatic carbocycles. The number of aliphatic hydroxyl groups is 1. The Morgan fingerprint density at radius 2 is 2.04 bits per heavy atom. The van der Waals surface area contributed by atoms with Crippen LogP contribution >= 0.6 is 0 Å². The van der Waals surface area contributed by atoms with Crippen molar-refractivity contribution in [3.05, 3.63) is 58.9 Å². The van der Waals surface area contributed by atoms with Gasteiger partial charge in [-0.15, -0.1) is 0 Å². The van der Waals surface area contributed by atoms with Gasteiger partial charge in [0.05, 0.1) is 23.3 Å². The number of hydrogen-bond acceptors (Lipinski definition) is 4. The molecule has 2 N–H and O–H groups in total. The first-order valence-corrected chi connectivity index (χ1v) is 9.08. The van der Waals surface area contributed by atoms with Crippen LogP contribution in [0.15, 0.2) is 36.4 Å². The molecule has 140 valence electrons. The van der Waals surface area contributed by atoms with E-state index in [-0.39, 0.29) is 11.9 Å². The zero-order valence-electron chi connectivity index (χ0n) is 16.0. The monoisotopic (exact) mass is 364 g/mol. The number of anilines is 1. The van der Waals surface area contributed by atoms with Crippen LogP contribution in [0.5, 0.6) is 0 Å². The van der Waals surface area contributed by atoms with Crippen LogP contribution in [0.25, 0.3) is 11.0 Å². The zero-order chi connectivity index (χ0) is 19.3. The topological polar surface area (TPSA) is 70.4 Å². The first kappa shape index (κ1) is 17.5. The number of benzene rings is 2. The van der Waals surface area contributed by atoms with Gasteiger partial charge in [-0.3, -0.25) is 4.79 Å². The molecule has 1 heterocycles. The van der Waals surface area contributed by atoms with E-state index in [1.807, 2.05) is 54.9 Å². The SMILES string of the molecule is Cc1nc2c(N[C@@H]3c4ccccc4C[C@H]3O)cc(C(=O)N(C)C)cc2n1C. The van der Waals surface area contributed by atoms with Gasteiger partial charge in [-0.2, -0.15) is 0 Å². The Bertz CT molecular complexity index is 1040. The summed E-state index contributed by atoms with van der Waals surface area (Å²) in [5, 5.41) is 14.1. The number of nitrogens with one attached hydrogen (secondary N) is 1. The minimum atomic E-state index is -0.518. The fourth-order valence-electron chi connectivity index (χ4n) is 3.81. The molecule has 1 amide bonds. The smallest absolute Gasteiger partial charge is 0.253 e. The second kappa shape index (κ2) is 6.39. The first-order valence-electron chi connectivity index (χ1n) is 9.08. The number of nitrogens with zero attached hydrogens (tertiary/aromatic N) is 3. The quantitative estimate of drug-likeness (QED) is 0.750. The number of amides is 1.